The van der Waals surface area contributed by atoms with Crippen LogP contribution in [0.4, 0.5) is 11.5 Å². The summed E-state index contributed by atoms with van der Waals surface area (Å²) < 4.78 is 6.25. The lowest BCUT2D eigenvalue weighted by atomic mass is 10.1. The molecular weight excluding hydrogens is 486 g/mol. The number of aromatic nitrogens is 2. The second kappa shape index (κ2) is 11.5. The molecule has 1 aliphatic heterocycles. The second-order valence-corrected chi connectivity index (χ2v) is 9.36. The summed E-state index contributed by atoms with van der Waals surface area (Å²) in [7, 11) is 0. The standard InChI is InChI=1S/C25H26ClN5O3S/c1-15-3-7-20(23(29-15)25(33)31-22-8-4-16(26)14-28-22)30-24(32)19-6-5-18(35-2)13-21(19)34-17-9-11-27-12-10-17/h3-8,13-14,17,27H,9-12H2,1-2H3,(H,30,32)(H,28,31,33). The van der Waals surface area contributed by atoms with Crippen LogP contribution in [0, 0.1) is 6.92 Å². The van der Waals surface area contributed by atoms with E-state index in [9.17, 15) is 9.59 Å². The highest BCUT2D eigenvalue weighted by atomic mass is 35.5. The van der Waals surface area contributed by atoms with Crippen molar-refractivity contribution < 1.29 is 14.3 Å². The number of ether oxygens (including phenoxy) is 1. The number of nitrogens with one attached hydrogen (secondary N) is 3. The number of aryl methyl sites for hydroxylation is 1. The predicted molar refractivity (Wildman–Crippen MR) is 139 cm³/mol. The molecule has 2 aromatic heterocycles. The molecule has 0 saturated carbocycles. The van der Waals surface area contributed by atoms with Crippen molar-refractivity contribution in [2.24, 2.45) is 0 Å². The van der Waals surface area contributed by atoms with Gasteiger partial charge in [0.1, 0.15) is 17.7 Å². The van der Waals surface area contributed by atoms with Gasteiger partial charge in [-0.2, -0.15) is 0 Å². The molecule has 2 amide bonds. The molecule has 10 heteroatoms. The van der Waals surface area contributed by atoms with Crippen LogP contribution in [-0.4, -0.2) is 47.2 Å². The molecule has 1 fully saturated rings. The topological polar surface area (TPSA) is 105 Å². The van der Waals surface area contributed by atoms with E-state index < -0.39 is 5.91 Å². The highest BCUT2D eigenvalue weighted by molar-refractivity contribution is 7.98. The first-order valence-corrected chi connectivity index (χ1v) is 12.8. The fourth-order valence-corrected chi connectivity index (χ4v) is 4.19. The molecular formula is C25H26ClN5O3S. The summed E-state index contributed by atoms with van der Waals surface area (Å²) in [5.41, 5.74) is 1.40. The minimum Gasteiger partial charge on any atom is -0.489 e. The van der Waals surface area contributed by atoms with Gasteiger partial charge in [-0.05, 0) is 81.6 Å². The van der Waals surface area contributed by atoms with Crippen LogP contribution in [0.1, 0.15) is 39.4 Å². The van der Waals surface area contributed by atoms with Gasteiger partial charge < -0.3 is 20.7 Å². The third-order valence-electron chi connectivity index (χ3n) is 5.48. The highest BCUT2D eigenvalue weighted by Crippen LogP contribution is 2.29. The van der Waals surface area contributed by atoms with Gasteiger partial charge in [0.15, 0.2) is 5.69 Å². The van der Waals surface area contributed by atoms with Gasteiger partial charge in [-0.3, -0.25) is 9.59 Å². The van der Waals surface area contributed by atoms with Gasteiger partial charge in [-0.15, -0.1) is 11.8 Å². The molecule has 1 aliphatic rings. The van der Waals surface area contributed by atoms with Gasteiger partial charge in [-0.25, -0.2) is 9.97 Å². The van der Waals surface area contributed by atoms with Crippen molar-refractivity contribution in [3.05, 3.63) is 70.6 Å². The summed E-state index contributed by atoms with van der Waals surface area (Å²) >= 11 is 7.45. The Morgan fingerprint density at radius 2 is 1.89 bits per heavy atom. The molecule has 4 rings (SSSR count). The number of rotatable bonds is 7. The molecule has 0 radical (unpaired) electrons. The van der Waals surface area contributed by atoms with E-state index in [0.717, 1.165) is 30.8 Å². The maximum atomic E-state index is 13.3. The zero-order valence-corrected chi connectivity index (χ0v) is 21.0. The van der Waals surface area contributed by atoms with Crippen LogP contribution in [0.2, 0.25) is 5.02 Å². The largest absolute Gasteiger partial charge is 0.489 e. The molecule has 3 aromatic rings. The molecule has 8 nitrogen and oxygen atoms in total. The lowest BCUT2D eigenvalue weighted by Crippen LogP contribution is -2.34. The Hall–Kier alpha value is -3.14. The molecule has 3 N–H and O–H groups in total. The van der Waals surface area contributed by atoms with Crippen LogP contribution in [0.5, 0.6) is 5.75 Å². The maximum Gasteiger partial charge on any atom is 0.277 e. The van der Waals surface area contributed by atoms with E-state index in [1.165, 1.54) is 6.20 Å². The monoisotopic (exact) mass is 511 g/mol. The van der Waals surface area contributed by atoms with Crippen molar-refractivity contribution in [2.75, 3.05) is 30.0 Å². The fourth-order valence-electron chi connectivity index (χ4n) is 3.65. The lowest BCUT2D eigenvalue weighted by Gasteiger charge is -2.25. The Morgan fingerprint density at radius 3 is 2.60 bits per heavy atom. The number of pyridine rings is 2. The number of piperidine rings is 1. The Morgan fingerprint density at radius 1 is 1.09 bits per heavy atom. The first-order valence-electron chi connectivity index (χ1n) is 11.2. The van der Waals surface area contributed by atoms with Crippen LogP contribution < -0.4 is 20.7 Å². The van der Waals surface area contributed by atoms with E-state index in [1.807, 2.05) is 18.4 Å². The average Bonchev–Trinajstić information content (AvgIpc) is 2.87. The maximum absolute atomic E-state index is 13.3. The van der Waals surface area contributed by atoms with Crippen LogP contribution in [-0.2, 0) is 0 Å². The molecule has 0 aliphatic carbocycles. The third kappa shape index (κ3) is 6.50. The molecule has 0 unspecified atom stereocenters. The Kier molecular flexibility index (Phi) is 8.22. The molecule has 35 heavy (non-hydrogen) atoms. The number of halogens is 1. The predicted octanol–water partition coefficient (Wildman–Crippen LogP) is 4.80. The van der Waals surface area contributed by atoms with Crippen LogP contribution in [0.15, 0.2) is 53.6 Å². The number of thioether (sulfide) groups is 1. The first kappa shape index (κ1) is 25.0. The SMILES string of the molecule is CSc1ccc(C(=O)Nc2ccc(C)nc2C(=O)Nc2ccc(Cl)cn2)c(OC2CCNCC2)c1. The number of carbonyl (C=O) groups excluding carboxylic acids is 2. The first-order chi connectivity index (χ1) is 16.9. The molecule has 1 aromatic carbocycles. The Labute approximate surface area is 213 Å². The van der Waals surface area contributed by atoms with Crippen molar-refractivity contribution >= 4 is 46.7 Å². The fraction of sp³-hybridized carbons (Fsp3) is 0.280. The highest BCUT2D eigenvalue weighted by Gasteiger charge is 2.22. The van der Waals surface area contributed by atoms with Gasteiger partial charge in [0.2, 0.25) is 0 Å². The summed E-state index contributed by atoms with van der Waals surface area (Å²) in [6, 6.07) is 12.1. The van der Waals surface area contributed by atoms with Crippen molar-refractivity contribution in [1.82, 2.24) is 15.3 Å². The second-order valence-electron chi connectivity index (χ2n) is 8.05. The number of anilines is 2. The summed E-state index contributed by atoms with van der Waals surface area (Å²) in [6.07, 6.45) is 5.19. The van der Waals surface area contributed by atoms with E-state index in [1.54, 1.807) is 49.0 Å². The number of hydrogen-bond donors (Lipinski definition) is 3. The number of carbonyl (C=O) groups is 2. The third-order valence-corrected chi connectivity index (χ3v) is 6.43. The summed E-state index contributed by atoms with van der Waals surface area (Å²) in [4.78, 5) is 35.7. The number of nitrogens with zero attached hydrogens (tertiary/aromatic N) is 2. The van der Waals surface area contributed by atoms with Gasteiger partial charge in [0.25, 0.3) is 11.8 Å². The van der Waals surface area contributed by atoms with Crippen molar-refractivity contribution in [2.45, 2.75) is 30.8 Å². The molecule has 0 spiro atoms. The van der Waals surface area contributed by atoms with Gasteiger partial charge in [0.05, 0.1) is 16.3 Å². The average molecular weight is 512 g/mol. The molecule has 3 heterocycles. The van der Waals surface area contributed by atoms with E-state index in [4.69, 9.17) is 16.3 Å². The zero-order chi connectivity index (χ0) is 24.8. The minimum atomic E-state index is -0.497. The van der Waals surface area contributed by atoms with Crippen molar-refractivity contribution in [3.63, 3.8) is 0 Å². The van der Waals surface area contributed by atoms with Gasteiger partial charge >= 0.3 is 0 Å². The van der Waals surface area contributed by atoms with Gasteiger partial charge in [-0.1, -0.05) is 11.6 Å². The van der Waals surface area contributed by atoms with Crippen LogP contribution in [0.25, 0.3) is 0 Å². The van der Waals surface area contributed by atoms with Crippen molar-refractivity contribution in [1.29, 1.82) is 0 Å². The molecule has 0 atom stereocenters. The van der Waals surface area contributed by atoms with Crippen molar-refractivity contribution in [3.8, 4) is 5.75 Å². The van der Waals surface area contributed by atoms with E-state index in [0.29, 0.717) is 27.8 Å². The zero-order valence-electron chi connectivity index (χ0n) is 19.4. The minimum absolute atomic E-state index is 0.0363. The number of hydrogen-bond acceptors (Lipinski definition) is 7. The smallest absolute Gasteiger partial charge is 0.277 e. The lowest BCUT2D eigenvalue weighted by molar-refractivity contribution is 0.101. The summed E-state index contributed by atoms with van der Waals surface area (Å²) in [5.74, 6) is -0.0309. The van der Waals surface area contributed by atoms with E-state index in [2.05, 4.69) is 25.9 Å². The van der Waals surface area contributed by atoms with E-state index >= 15 is 0 Å². The van der Waals surface area contributed by atoms with E-state index in [-0.39, 0.29) is 23.4 Å². The summed E-state index contributed by atoms with van der Waals surface area (Å²) in [5, 5.41) is 9.31. The normalized spacial score (nSPS) is 13.8. The Balaban J connectivity index is 1.58. The molecule has 0 bridgehead atoms. The number of amides is 2. The van der Waals surface area contributed by atoms with Crippen LogP contribution >= 0.6 is 23.4 Å². The van der Waals surface area contributed by atoms with Gasteiger partial charge in [0, 0.05) is 16.8 Å². The molecule has 1 saturated heterocycles. The number of benzene rings is 1. The quantitative estimate of drug-likeness (QED) is 0.391. The Bertz CT molecular complexity index is 1220. The molecule has 182 valence electrons. The van der Waals surface area contributed by atoms with Crippen LogP contribution in [0.3, 0.4) is 0 Å². The summed E-state index contributed by atoms with van der Waals surface area (Å²) in [6.45, 7) is 3.53.